The molecule has 0 amide bonds. The zero-order valence-corrected chi connectivity index (χ0v) is 12.1. The van der Waals surface area contributed by atoms with E-state index in [1.54, 1.807) is 0 Å². The second kappa shape index (κ2) is 5.55. The summed E-state index contributed by atoms with van der Waals surface area (Å²) >= 11 is 23.9. The van der Waals surface area contributed by atoms with Crippen LogP contribution in [-0.4, -0.2) is 16.1 Å². The van der Waals surface area contributed by atoms with E-state index in [1.165, 1.54) is 24.4 Å². The number of rotatable bonds is 2. The molecule has 0 aliphatic carbocycles. The van der Waals surface area contributed by atoms with E-state index in [4.69, 9.17) is 46.4 Å². The lowest BCUT2D eigenvalue weighted by molar-refractivity contribution is 0.0697. The van der Waals surface area contributed by atoms with Crippen LogP contribution in [0.25, 0.3) is 11.1 Å². The van der Waals surface area contributed by atoms with E-state index in [0.29, 0.717) is 10.6 Å². The summed E-state index contributed by atoms with van der Waals surface area (Å²) in [7, 11) is 0. The van der Waals surface area contributed by atoms with Crippen molar-refractivity contribution >= 4 is 52.4 Å². The number of nitrogens with zero attached hydrogens (tertiary/aromatic N) is 1. The van der Waals surface area contributed by atoms with Gasteiger partial charge in [-0.3, -0.25) is 0 Å². The van der Waals surface area contributed by atoms with Crippen molar-refractivity contribution in [3.8, 4) is 11.1 Å². The minimum Gasteiger partial charge on any atom is -0.478 e. The Balaban J connectivity index is 2.82. The van der Waals surface area contributed by atoms with Crippen LogP contribution in [0.15, 0.2) is 24.4 Å². The molecule has 0 saturated heterocycles. The van der Waals surface area contributed by atoms with Crippen LogP contribution in [0.1, 0.15) is 10.4 Å². The normalized spacial score (nSPS) is 10.5. The van der Waals surface area contributed by atoms with E-state index in [0.717, 1.165) is 0 Å². The second-order valence-electron chi connectivity index (χ2n) is 3.58. The molecule has 1 heterocycles. The van der Waals surface area contributed by atoms with Crippen molar-refractivity contribution in [3.05, 3.63) is 50.2 Å². The molecule has 1 aromatic carbocycles. The fourth-order valence-electron chi connectivity index (χ4n) is 1.61. The van der Waals surface area contributed by atoms with Gasteiger partial charge in [0.25, 0.3) is 0 Å². The van der Waals surface area contributed by atoms with E-state index in [-0.39, 0.29) is 26.3 Å². The standard InChI is InChI=1S/C12H5Cl4NO2/c13-5-3-7(10(15)8(14)4-5)9-6(12(18)19)1-2-17-11(9)16/h1-4H,(H,18,19). The number of carboxylic acid groups (broad SMARTS) is 1. The predicted octanol–water partition coefficient (Wildman–Crippen LogP) is 5.06. The van der Waals surface area contributed by atoms with Crippen molar-refractivity contribution in [2.24, 2.45) is 0 Å². The fourth-order valence-corrected chi connectivity index (χ4v) is 2.57. The van der Waals surface area contributed by atoms with Crippen LogP contribution < -0.4 is 0 Å². The van der Waals surface area contributed by atoms with Crippen molar-refractivity contribution < 1.29 is 9.90 Å². The summed E-state index contributed by atoms with van der Waals surface area (Å²) in [6.07, 6.45) is 1.30. The van der Waals surface area contributed by atoms with Gasteiger partial charge < -0.3 is 5.11 Å². The van der Waals surface area contributed by atoms with Gasteiger partial charge in [0, 0.05) is 22.3 Å². The smallest absolute Gasteiger partial charge is 0.336 e. The minimum absolute atomic E-state index is 0.0140. The van der Waals surface area contributed by atoms with Crippen molar-refractivity contribution in [2.75, 3.05) is 0 Å². The quantitative estimate of drug-likeness (QED) is 0.616. The van der Waals surface area contributed by atoms with E-state index in [1.807, 2.05) is 0 Å². The van der Waals surface area contributed by atoms with E-state index < -0.39 is 5.97 Å². The van der Waals surface area contributed by atoms with Gasteiger partial charge in [-0.2, -0.15) is 0 Å². The van der Waals surface area contributed by atoms with Crippen molar-refractivity contribution in [3.63, 3.8) is 0 Å². The molecule has 19 heavy (non-hydrogen) atoms. The van der Waals surface area contributed by atoms with Gasteiger partial charge in [0.1, 0.15) is 5.15 Å². The lowest BCUT2D eigenvalue weighted by Crippen LogP contribution is -2.01. The zero-order valence-electron chi connectivity index (χ0n) is 9.12. The summed E-state index contributed by atoms with van der Waals surface area (Å²) in [6, 6.07) is 4.28. The maximum atomic E-state index is 11.2. The molecule has 1 aromatic heterocycles. The summed E-state index contributed by atoms with van der Waals surface area (Å²) in [5, 5.41) is 9.90. The summed E-state index contributed by atoms with van der Waals surface area (Å²) in [5.74, 6) is -1.15. The van der Waals surface area contributed by atoms with Gasteiger partial charge in [-0.25, -0.2) is 9.78 Å². The Kier molecular flexibility index (Phi) is 4.21. The molecular formula is C12H5Cl4NO2. The molecule has 0 spiro atoms. The molecule has 2 aromatic rings. The summed E-state index contributed by atoms with van der Waals surface area (Å²) in [6.45, 7) is 0. The maximum absolute atomic E-state index is 11.2. The van der Waals surface area contributed by atoms with Gasteiger partial charge in [0.2, 0.25) is 0 Å². The molecule has 3 nitrogen and oxygen atoms in total. The molecule has 7 heteroatoms. The summed E-state index contributed by atoms with van der Waals surface area (Å²) < 4.78 is 0. The third-order valence-corrected chi connectivity index (χ3v) is 3.70. The van der Waals surface area contributed by atoms with Crippen LogP contribution in [0, 0.1) is 0 Å². The lowest BCUT2D eigenvalue weighted by atomic mass is 10.0. The van der Waals surface area contributed by atoms with Gasteiger partial charge in [0.15, 0.2) is 0 Å². The third-order valence-electron chi connectivity index (χ3n) is 2.40. The van der Waals surface area contributed by atoms with Crippen molar-refractivity contribution in [1.29, 1.82) is 0 Å². The molecule has 2 rings (SSSR count). The highest BCUT2D eigenvalue weighted by atomic mass is 35.5. The topological polar surface area (TPSA) is 50.2 Å². The Morgan fingerprint density at radius 2 is 1.84 bits per heavy atom. The van der Waals surface area contributed by atoms with Gasteiger partial charge in [-0.15, -0.1) is 0 Å². The van der Waals surface area contributed by atoms with E-state index in [2.05, 4.69) is 4.98 Å². The molecule has 0 radical (unpaired) electrons. The molecule has 0 aliphatic heterocycles. The first-order valence-electron chi connectivity index (χ1n) is 4.94. The van der Waals surface area contributed by atoms with Crippen LogP contribution in [-0.2, 0) is 0 Å². The number of carboxylic acids is 1. The SMILES string of the molecule is O=C(O)c1ccnc(Cl)c1-c1cc(Cl)cc(Cl)c1Cl. The average Bonchev–Trinajstić information content (AvgIpc) is 2.33. The highest BCUT2D eigenvalue weighted by Gasteiger charge is 2.20. The van der Waals surface area contributed by atoms with Crippen LogP contribution >= 0.6 is 46.4 Å². The van der Waals surface area contributed by atoms with Crippen LogP contribution in [0.5, 0.6) is 0 Å². The molecule has 0 fully saturated rings. The number of hydrogen-bond acceptors (Lipinski definition) is 2. The number of carbonyl (C=O) groups is 1. The molecule has 0 aliphatic rings. The van der Waals surface area contributed by atoms with Gasteiger partial charge in [-0.05, 0) is 18.2 Å². The molecule has 0 unspecified atom stereocenters. The second-order valence-corrected chi connectivity index (χ2v) is 5.16. The van der Waals surface area contributed by atoms with Crippen LogP contribution in [0.3, 0.4) is 0 Å². The number of pyridine rings is 1. The maximum Gasteiger partial charge on any atom is 0.336 e. The summed E-state index contributed by atoms with van der Waals surface area (Å²) in [4.78, 5) is 15.1. The number of aromatic carboxylic acids is 1. The molecule has 98 valence electrons. The first kappa shape index (κ1) is 14.4. The lowest BCUT2D eigenvalue weighted by Gasteiger charge is -2.11. The molecule has 0 saturated carbocycles. The third kappa shape index (κ3) is 2.79. The first-order valence-corrected chi connectivity index (χ1v) is 6.45. The van der Waals surface area contributed by atoms with E-state index >= 15 is 0 Å². The van der Waals surface area contributed by atoms with E-state index in [9.17, 15) is 9.90 Å². The Labute approximate surface area is 128 Å². The minimum atomic E-state index is -1.15. The Bertz CT molecular complexity index is 673. The highest BCUT2D eigenvalue weighted by molar-refractivity contribution is 6.45. The first-order chi connectivity index (χ1) is 8.91. The van der Waals surface area contributed by atoms with Gasteiger partial charge >= 0.3 is 5.97 Å². The molecule has 1 N–H and O–H groups in total. The number of halogens is 4. The number of hydrogen-bond donors (Lipinski definition) is 1. The van der Waals surface area contributed by atoms with Crippen molar-refractivity contribution in [2.45, 2.75) is 0 Å². The monoisotopic (exact) mass is 335 g/mol. The number of aromatic nitrogens is 1. The molecular weight excluding hydrogens is 332 g/mol. The average molecular weight is 337 g/mol. The fraction of sp³-hybridized carbons (Fsp3) is 0. The summed E-state index contributed by atoms with van der Waals surface area (Å²) in [5.41, 5.74) is 0.487. The number of benzene rings is 1. The predicted molar refractivity (Wildman–Crippen MR) is 76.7 cm³/mol. The Morgan fingerprint density at radius 1 is 1.16 bits per heavy atom. The van der Waals surface area contributed by atoms with Gasteiger partial charge in [0.05, 0.1) is 15.6 Å². The van der Waals surface area contributed by atoms with Crippen molar-refractivity contribution in [1.82, 2.24) is 4.98 Å². The molecule has 0 atom stereocenters. The largest absolute Gasteiger partial charge is 0.478 e. The van der Waals surface area contributed by atoms with Crippen LogP contribution in [0.2, 0.25) is 20.2 Å². The Hall–Kier alpha value is -1.000. The Morgan fingerprint density at radius 3 is 2.47 bits per heavy atom. The van der Waals surface area contributed by atoms with Crippen LogP contribution in [0.4, 0.5) is 0 Å². The molecule has 0 bridgehead atoms. The van der Waals surface area contributed by atoms with Gasteiger partial charge in [-0.1, -0.05) is 46.4 Å². The zero-order chi connectivity index (χ0) is 14.2. The highest BCUT2D eigenvalue weighted by Crippen LogP contribution is 2.40.